The molecule has 1 amide bonds. The minimum absolute atomic E-state index is 0.108. The van der Waals surface area contributed by atoms with Gasteiger partial charge < -0.3 is 26.0 Å². The minimum Gasteiger partial charge on any atom is -0.399 e. The van der Waals surface area contributed by atoms with E-state index in [4.69, 9.17) is 22.1 Å². The van der Waals surface area contributed by atoms with Gasteiger partial charge >= 0.3 is 0 Å². The molecule has 0 aromatic heterocycles. The maximum Gasteiger partial charge on any atom is 0.243 e. The van der Waals surface area contributed by atoms with Crippen LogP contribution in [0.2, 0.25) is 5.02 Å². The fraction of sp³-hybridized carbons (Fsp3) is 0.406. The number of hydrogen-bond acceptors (Lipinski definition) is 8. The van der Waals surface area contributed by atoms with Crippen LogP contribution in [0.4, 0.5) is 11.4 Å². The fourth-order valence-corrected chi connectivity index (χ4v) is 6.61. The van der Waals surface area contributed by atoms with E-state index in [2.05, 4.69) is 10.6 Å². The lowest BCUT2D eigenvalue weighted by Crippen LogP contribution is -2.48. The minimum atomic E-state index is -3.92. The molecule has 44 heavy (non-hydrogen) atoms. The number of anilines is 2. The molecule has 0 aliphatic rings. The molecule has 240 valence electrons. The number of nitrogen functional groups attached to an aromatic ring is 1. The Kier molecular flexibility index (Phi) is 13.6. The zero-order chi connectivity index (χ0) is 32.3. The molecule has 3 unspecified atom stereocenters. The average molecular weight is 647 g/mol. The van der Waals surface area contributed by atoms with E-state index in [0.29, 0.717) is 41.2 Å². The topological polar surface area (TPSA) is 154 Å². The number of rotatable bonds is 17. The van der Waals surface area contributed by atoms with Crippen LogP contribution in [-0.4, -0.2) is 67.6 Å². The Labute approximate surface area is 265 Å². The van der Waals surface area contributed by atoms with Gasteiger partial charge in [-0.1, -0.05) is 61.8 Å². The number of aliphatic hydroxyl groups excluding tert-OH is 2. The number of benzene rings is 3. The maximum absolute atomic E-state index is 13.7. The summed E-state index contributed by atoms with van der Waals surface area (Å²) in [5, 5.41) is 26.7. The summed E-state index contributed by atoms with van der Waals surface area (Å²) < 4.78 is 33.7. The highest BCUT2D eigenvalue weighted by molar-refractivity contribution is 7.89. The molecular weight excluding hydrogens is 604 g/mol. The van der Waals surface area contributed by atoms with Gasteiger partial charge in [-0.05, 0) is 79.1 Å². The molecule has 6 N–H and O–H groups in total. The van der Waals surface area contributed by atoms with Crippen molar-refractivity contribution in [2.24, 2.45) is 5.92 Å². The van der Waals surface area contributed by atoms with Gasteiger partial charge in [0.2, 0.25) is 22.3 Å². The largest absolute Gasteiger partial charge is 0.399 e. The smallest absolute Gasteiger partial charge is 0.243 e. The van der Waals surface area contributed by atoms with Crippen molar-refractivity contribution in [1.82, 2.24) is 9.62 Å². The summed E-state index contributed by atoms with van der Waals surface area (Å²) in [6.07, 6.45) is 0.104. The maximum atomic E-state index is 13.7. The SMILES string of the molecule is COC(O)NC(Cc1ccccc1Cl)C(=O)Nc1ccccc1CCC(CO)N(CCC(C)C)S(=O)(=O)c1ccc(N)cc1. The molecule has 3 rings (SSSR count). The molecule has 3 atom stereocenters. The molecule has 3 aromatic carbocycles. The summed E-state index contributed by atoms with van der Waals surface area (Å²) in [4.78, 5) is 13.6. The third-order valence-corrected chi connectivity index (χ3v) is 9.65. The van der Waals surface area contributed by atoms with Crippen LogP contribution in [0.3, 0.4) is 0 Å². The summed E-state index contributed by atoms with van der Waals surface area (Å²) in [6, 6.07) is 18.8. The van der Waals surface area contributed by atoms with Crippen LogP contribution in [0.1, 0.15) is 37.8 Å². The number of nitrogens with two attached hydrogens (primary N) is 1. The molecule has 0 radical (unpaired) electrons. The van der Waals surface area contributed by atoms with Crippen LogP contribution in [0.5, 0.6) is 0 Å². The van der Waals surface area contributed by atoms with Crippen LogP contribution in [0.25, 0.3) is 0 Å². The standard InChI is InChI=1S/C32H43ClN4O6S/c1-22(2)18-19-37(44(41,42)27-16-13-25(34)14-17-27)26(21-38)15-12-23-8-5-7-11-29(23)35-31(39)30(36-32(40)43-3)20-24-9-4-6-10-28(24)33/h4-11,13-14,16-17,22,26,30,32,36,38,40H,12,15,18-21,34H2,1-3H3,(H,35,39). The number of halogens is 1. The first-order valence-electron chi connectivity index (χ1n) is 14.5. The molecule has 0 fully saturated rings. The number of hydrogen-bond donors (Lipinski definition) is 5. The normalized spacial score (nSPS) is 14.0. The molecule has 10 nitrogen and oxygen atoms in total. The molecule has 3 aromatic rings. The Bertz CT molecular complexity index is 1460. The summed E-state index contributed by atoms with van der Waals surface area (Å²) >= 11 is 6.33. The van der Waals surface area contributed by atoms with E-state index in [1.54, 1.807) is 42.5 Å². The first-order chi connectivity index (χ1) is 21.0. The molecular formula is C32H43ClN4O6S. The predicted molar refractivity (Wildman–Crippen MR) is 174 cm³/mol. The number of carbonyl (C=O) groups is 1. The lowest BCUT2D eigenvalue weighted by Gasteiger charge is -2.30. The first kappa shape index (κ1) is 35.4. The molecule has 0 saturated heterocycles. The van der Waals surface area contributed by atoms with Crippen LogP contribution < -0.4 is 16.4 Å². The van der Waals surface area contributed by atoms with Gasteiger partial charge in [0.1, 0.15) is 0 Å². The molecule has 12 heteroatoms. The van der Waals surface area contributed by atoms with E-state index in [9.17, 15) is 23.4 Å². The van der Waals surface area contributed by atoms with Gasteiger partial charge in [0, 0.05) is 36.1 Å². The van der Waals surface area contributed by atoms with E-state index < -0.39 is 34.4 Å². The van der Waals surface area contributed by atoms with Crippen LogP contribution >= 0.6 is 11.6 Å². The van der Waals surface area contributed by atoms with Gasteiger partial charge in [0.25, 0.3) is 0 Å². The number of carbonyl (C=O) groups excluding carboxylic acids is 1. The highest BCUT2D eigenvalue weighted by atomic mass is 35.5. The Morgan fingerprint density at radius 3 is 2.25 bits per heavy atom. The number of aliphatic hydroxyl groups is 2. The number of aryl methyl sites for hydroxylation is 1. The number of methoxy groups -OCH3 is 1. The van der Waals surface area contributed by atoms with Crippen molar-refractivity contribution in [3.8, 4) is 0 Å². The zero-order valence-electron chi connectivity index (χ0n) is 25.3. The van der Waals surface area contributed by atoms with Crippen LogP contribution in [-0.2, 0) is 32.4 Å². The van der Waals surface area contributed by atoms with Crippen molar-refractivity contribution in [3.05, 3.63) is 88.9 Å². The number of sulfonamides is 1. The molecule has 0 spiro atoms. The second kappa shape index (κ2) is 16.9. The third-order valence-electron chi connectivity index (χ3n) is 7.32. The Morgan fingerprint density at radius 2 is 1.64 bits per heavy atom. The van der Waals surface area contributed by atoms with Gasteiger partial charge in [0.05, 0.1) is 17.5 Å². The van der Waals surface area contributed by atoms with Crippen LogP contribution in [0, 0.1) is 5.92 Å². The number of nitrogens with one attached hydrogen (secondary N) is 2. The van der Waals surface area contributed by atoms with Crippen LogP contribution in [0.15, 0.2) is 77.7 Å². The van der Waals surface area contributed by atoms with Crippen molar-refractivity contribution in [2.45, 2.75) is 62.9 Å². The van der Waals surface area contributed by atoms with Gasteiger partial charge in [-0.3, -0.25) is 10.1 Å². The summed E-state index contributed by atoms with van der Waals surface area (Å²) in [6.45, 7) is 3.89. The predicted octanol–water partition coefficient (Wildman–Crippen LogP) is 4.01. The van der Waals surface area contributed by atoms with Crippen molar-refractivity contribution in [3.63, 3.8) is 0 Å². The van der Waals surface area contributed by atoms with E-state index >= 15 is 0 Å². The summed E-state index contributed by atoms with van der Waals surface area (Å²) in [5.74, 6) is -0.171. The highest BCUT2D eigenvalue weighted by Crippen LogP contribution is 2.25. The highest BCUT2D eigenvalue weighted by Gasteiger charge is 2.31. The van der Waals surface area contributed by atoms with Crippen molar-refractivity contribution in [1.29, 1.82) is 0 Å². The monoisotopic (exact) mass is 646 g/mol. The van der Waals surface area contributed by atoms with Crippen molar-refractivity contribution in [2.75, 3.05) is 31.3 Å². The summed E-state index contributed by atoms with van der Waals surface area (Å²) in [7, 11) is -2.61. The van der Waals surface area contributed by atoms with Gasteiger partial charge in [-0.2, -0.15) is 4.31 Å². The number of nitrogens with zero attached hydrogens (tertiary/aromatic N) is 1. The number of para-hydroxylation sites is 1. The average Bonchev–Trinajstić information content (AvgIpc) is 3.00. The summed E-state index contributed by atoms with van der Waals surface area (Å²) in [5.41, 5.74) is 8.24. The molecule has 0 heterocycles. The number of ether oxygens (including phenoxy) is 1. The fourth-order valence-electron chi connectivity index (χ4n) is 4.74. The lowest BCUT2D eigenvalue weighted by molar-refractivity contribution is -0.128. The Morgan fingerprint density at radius 1 is 1.00 bits per heavy atom. The lowest BCUT2D eigenvalue weighted by atomic mass is 10.0. The molecule has 0 bridgehead atoms. The zero-order valence-corrected chi connectivity index (χ0v) is 26.9. The van der Waals surface area contributed by atoms with E-state index in [1.165, 1.54) is 23.5 Å². The van der Waals surface area contributed by atoms with Crippen molar-refractivity contribution >= 4 is 38.9 Å². The van der Waals surface area contributed by atoms with E-state index in [1.807, 2.05) is 32.0 Å². The molecule has 0 aliphatic heterocycles. The van der Waals surface area contributed by atoms with E-state index in [0.717, 1.165) is 5.56 Å². The second-order valence-electron chi connectivity index (χ2n) is 11.0. The molecule has 0 saturated carbocycles. The molecule has 0 aliphatic carbocycles. The van der Waals surface area contributed by atoms with E-state index in [-0.39, 0.29) is 30.4 Å². The quantitative estimate of drug-likeness (QED) is 0.109. The second-order valence-corrected chi connectivity index (χ2v) is 13.3. The van der Waals surface area contributed by atoms with Crippen molar-refractivity contribution < 1.29 is 28.2 Å². The van der Waals surface area contributed by atoms with Gasteiger partial charge in [-0.25, -0.2) is 8.42 Å². The number of amides is 1. The Balaban J connectivity index is 1.82. The first-order valence-corrected chi connectivity index (χ1v) is 16.3. The Hall–Kier alpha value is -3.03. The van der Waals surface area contributed by atoms with Gasteiger partial charge in [0.15, 0.2) is 0 Å². The van der Waals surface area contributed by atoms with Gasteiger partial charge in [-0.15, -0.1) is 0 Å². The third kappa shape index (κ3) is 10.00.